The fourth-order valence-corrected chi connectivity index (χ4v) is 5.24. The highest BCUT2D eigenvalue weighted by molar-refractivity contribution is 5.83. The summed E-state index contributed by atoms with van der Waals surface area (Å²) in [6, 6.07) is 6.72. The van der Waals surface area contributed by atoms with Gasteiger partial charge in [0, 0.05) is 24.5 Å². The zero-order chi connectivity index (χ0) is 22.0. The van der Waals surface area contributed by atoms with Crippen molar-refractivity contribution in [1.29, 1.82) is 0 Å². The zero-order valence-corrected chi connectivity index (χ0v) is 19.5. The highest BCUT2D eigenvalue weighted by atomic mass is 16.5. The first-order valence-corrected chi connectivity index (χ1v) is 12.0. The number of anilines is 1. The standard InChI is InChI=1S/C25H38N4O2/c1-5-31-21-6-7-23-22(16-21)18(4)26-25(27-23)29-14-10-20(11-15-29)28-12-8-19(9-13-28)24(30)17(2)3/h6-7,16-17,19-20,24,30H,5,8-15H2,1-4H3/t24-/m1/s1. The van der Waals surface area contributed by atoms with Gasteiger partial charge in [0.15, 0.2) is 0 Å². The molecule has 0 unspecified atom stereocenters. The van der Waals surface area contributed by atoms with Crippen molar-refractivity contribution in [3.63, 3.8) is 0 Å². The Morgan fingerprint density at radius 1 is 1.06 bits per heavy atom. The Hall–Kier alpha value is -1.92. The van der Waals surface area contributed by atoms with Crippen LogP contribution >= 0.6 is 0 Å². The maximum Gasteiger partial charge on any atom is 0.226 e. The Bertz CT molecular complexity index is 871. The van der Waals surface area contributed by atoms with Gasteiger partial charge in [0.2, 0.25) is 5.95 Å². The first-order valence-electron chi connectivity index (χ1n) is 12.0. The SMILES string of the molecule is CCOc1ccc2nc(N3CCC(N4CCC([C@H](O)C(C)C)CC4)CC3)nc(C)c2c1. The van der Waals surface area contributed by atoms with Gasteiger partial charge in [-0.1, -0.05) is 13.8 Å². The predicted octanol–water partition coefficient (Wildman–Crippen LogP) is 4.03. The molecule has 6 nitrogen and oxygen atoms in total. The maximum absolute atomic E-state index is 10.4. The molecule has 2 aliphatic heterocycles. The van der Waals surface area contributed by atoms with Gasteiger partial charge in [-0.25, -0.2) is 9.97 Å². The third kappa shape index (κ3) is 4.96. The molecule has 0 saturated carbocycles. The average molecular weight is 427 g/mol. The smallest absolute Gasteiger partial charge is 0.226 e. The van der Waals surface area contributed by atoms with E-state index >= 15 is 0 Å². The van der Waals surface area contributed by atoms with Crippen LogP contribution < -0.4 is 9.64 Å². The molecular weight excluding hydrogens is 388 g/mol. The fourth-order valence-electron chi connectivity index (χ4n) is 5.24. The number of hydrogen-bond acceptors (Lipinski definition) is 6. The molecule has 170 valence electrons. The minimum Gasteiger partial charge on any atom is -0.494 e. The van der Waals surface area contributed by atoms with Crippen molar-refractivity contribution >= 4 is 16.9 Å². The largest absolute Gasteiger partial charge is 0.494 e. The molecule has 6 heteroatoms. The summed E-state index contributed by atoms with van der Waals surface area (Å²) in [6.07, 6.45) is 4.40. The lowest BCUT2D eigenvalue weighted by molar-refractivity contribution is 0.0163. The molecule has 2 aliphatic rings. The monoisotopic (exact) mass is 426 g/mol. The van der Waals surface area contributed by atoms with Crippen LogP contribution in [0, 0.1) is 18.8 Å². The normalized spacial score (nSPS) is 20.5. The molecule has 1 atom stereocenters. The van der Waals surface area contributed by atoms with E-state index in [-0.39, 0.29) is 6.10 Å². The molecule has 4 rings (SSSR count). The predicted molar refractivity (Wildman–Crippen MR) is 126 cm³/mol. The van der Waals surface area contributed by atoms with E-state index in [1.54, 1.807) is 0 Å². The van der Waals surface area contributed by atoms with Gasteiger partial charge in [-0.2, -0.15) is 0 Å². The molecule has 0 radical (unpaired) electrons. The molecular formula is C25H38N4O2. The summed E-state index contributed by atoms with van der Waals surface area (Å²) >= 11 is 0. The summed E-state index contributed by atoms with van der Waals surface area (Å²) in [6.45, 7) is 13.2. The van der Waals surface area contributed by atoms with Gasteiger partial charge in [-0.15, -0.1) is 0 Å². The lowest BCUT2D eigenvalue weighted by Crippen LogP contribution is -2.49. The van der Waals surface area contributed by atoms with E-state index in [0.717, 1.165) is 80.2 Å². The van der Waals surface area contributed by atoms with Gasteiger partial charge in [0.1, 0.15) is 5.75 Å². The molecule has 1 aromatic heterocycles. The number of nitrogens with zero attached hydrogens (tertiary/aromatic N) is 4. The third-order valence-corrected chi connectivity index (χ3v) is 7.16. The van der Waals surface area contributed by atoms with Crippen molar-refractivity contribution in [2.24, 2.45) is 11.8 Å². The second-order valence-electron chi connectivity index (χ2n) is 9.55. The van der Waals surface area contributed by atoms with E-state index in [9.17, 15) is 5.11 Å². The quantitative estimate of drug-likeness (QED) is 0.752. The zero-order valence-electron chi connectivity index (χ0n) is 19.5. The van der Waals surface area contributed by atoms with Crippen LogP contribution in [0.1, 0.15) is 52.1 Å². The second kappa shape index (κ2) is 9.70. The van der Waals surface area contributed by atoms with Crippen molar-refractivity contribution in [2.75, 3.05) is 37.7 Å². The molecule has 0 amide bonds. The molecule has 31 heavy (non-hydrogen) atoms. The first-order chi connectivity index (χ1) is 15.0. The van der Waals surface area contributed by atoms with Crippen molar-refractivity contribution in [1.82, 2.24) is 14.9 Å². The molecule has 1 N–H and O–H groups in total. The third-order valence-electron chi connectivity index (χ3n) is 7.16. The number of benzene rings is 1. The van der Waals surface area contributed by atoms with Crippen LogP contribution in [-0.2, 0) is 0 Å². The van der Waals surface area contributed by atoms with Crippen LogP contribution in [0.4, 0.5) is 5.95 Å². The number of likely N-dealkylation sites (tertiary alicyclic amines) is 1. The molecule has 0 aliphatic carbocycles. The highest BCUT2D eigenvalue weighted by Gasteiger charge is 2.32. The summed E-state index contributed by atoms with van der Waals surface area (Å²) in [5, 5.41) is 11.5. The van der Waals surface area contributed by atoms with Gasteiger partial charge < -0.3 is 19.6 Å². The minimum atomic E-state index is -0.151. The minimum absolute atomic E-state index is 0.151. The number of hydrogen-bond donors (Lipinski definition) is 1. The molecule has 2 saturated heterocycles. The van der Waals surface area contributed by atoms with Gasteiger partial charge in [0.25, 0.3) is 0 Å². The van der Waals surface area contributed by atoms with E-state index in [4.69, 9.17) is 14.7 Å². The summed E-state index contributed by atoms with van der Waals surface area (Å²) in [7, 11) is 0. The number of aryl methyl sites for hydroxylation is 1. The molecule has 1 aromatic carbocycles. The van der Waals surface area contributed by atoms with E-state index < -0.39 is 0 Å². The van der Waals surface area contributed by atoms with Gasteiger partial charge in [-0.05, 0) is 82.7 Å². The number of aliphatic hydroxyl groups excluding tert-OH is 1. The number of aromatic nitrogens is 2. The van der Waals surface area contributed by atoms with Crippen molar-refractivity contribution in [3.05, 3.63) is 23.9 Å². The number of ether oxygens (including phenoxy) is 1. The Balaban J connectivity index is 1.36. The number of aliphatic hydroxyl groups is 1. The first kappa shape index (κ1) is 22.3. The van der Waals surface area contributed by atoms with E-state index in [0.29, 0.717) is 24.5 Å². The summed E-state index contributed by atoms with van der Waals surface area (Å²) in [5.74, 6) is 2.55. The second-order valence-corrected chi connectivity index (χ2v) is 9.55. The van der Waals surface area contributed by atoms with E-state index in [1.807, 2.05) is 25.1 Å². The van der Waals surface area contributed by atoms with Crippen molar-refractivity contribution in [2.45, 2.75) is 65.5 Å². The average Bonchev–Trinajstić information content (AvgIpc) is 2.79. The number of fused-ring (bicyclic) bond motifs is 1. The lowest BCUT2D eigenvalue weighted by atomic mass is 9.85. The van der Waals surface area contributed by atoms with Crippen LogP contribution in [0.25, 0.3) is 10.9 Å². The van der Waals surface area contributed by atoms with E-state index in [1.165, 1.54) is 0 Å². The van der Waals surface area contributed by atoms with Crippen LogP contribution in [0.15, 0.2) is 18.2 Å². The van der Waals surface area contributed by atoms with Crippen LogP contribution in [-0.4, -0.2) is 64.9 Å². The molecule has 2 fully saturated rings. The highest BCUT2D eigenvalue weighted by Crippen LogP contribution is 2.30. The van der Waals surface area contributed by atoms with Crippen LogP contribution in [0.3, 0.4) is 0 Å². The Morgan fingerprint density at radius 2 is 1.77 bits per heavy atom. The van der Waals surface area contributed by atoms with Crippen molar-refractivity contribution < 1.29 is 9.84 Å². The van der Waals surface area contributed by atoms with Gasteiger partial charge in [-0.3, -0.25) is 0 Å². The topological polar surface area (TPSA) is 61.7 Å². The fraction of sp³-hybridized carbons (Fsp3) is 0.680. The molecule has 0 bridgehead atoms. The Morgan fingerprint density at radius 3 is 2.42 bits per heavy atom. The molecule has 0 spiro atoms. The van der Waals surface area contributed by atoms with Crippen molar-refractivity contribution in [3.8, 4) is 5.75 Å². The van der Waals surface area contributed by atoms with E-state index in [2.05, 4.69) is 30.6 Å². The summed E-state index contributed by atoms with van der Waals surface area (Å²) in [4.78, 5) is 14.7. The lowest BCUT2D eigenvalue weighted by Gasteiger charge is -2.43. The van der Waals surface area contributed by atoms with Gasteiger partial charge in [0.05, 0.1) is 23.9 Å². The summed E-state index contributed by atoms with van der Waals surface area (Å²) in [5.41, 5.74) is 1.99. The number of rotatable bonds is 6. The van der Waals surface area contributed by atoms with Crippen LogP contribution in [0.5, 0.6) is 5.75 Å². The maximum atomic E-state index is 10.4. The molecule has 2 aromatic rings. The Kier molecular flexibility index (Phi) is 6.97. The number of piperidine rings is 2. The van der Waals surface area contributed by atoms with Crippen LogP contribution in [0.2, 0.25) is 0 Å². The summed E-state index contributed by atoms with van der Waals surface area (Å²) < 4.78 is 5.63. The van der Waals surface area contributed by atoms with Gasteiger partial charge >= 0.3 is 0 Å². The molecule has 3 heterocycles. The Labute approximate surface area is 186 Å².